The highest BCUT2D eigenvalue weighted by molar-refractivity contribution is 5.64. The Labute approximate surface area is 70.8 Å². The molecule has 0 saturated heterocycles. The van der Waals surface area contributed by atoms with E-state index < -0.39 is 0 Å². The molecule has 3 heteroatoms. The molecule has 0 spiro atoms. The smallest absolute Gasteiger partial charge is 0.0687 e. The van der Waals surface area contributed by atoms with Gasteiger partial charge in [-0.1, -0.05) is 0 Å². The summed E-state index contributed by atoms with van der Waals surface area (Å²) in [7, 11) is 0. The number of hydrogen-bond acceptors (Lipinski definition) is 1. The summed E-state index contributed by atoms with van der Waals surface area (Å²) in [6.07, 6.45) is 1.92. The van der Waals surface area contributed by atoms with E-state index in [1.807, 2.05) is 32.2 Å². The van der Waals surface area contributed by atoms with Gasteiger partial charge in [0.15, 0.2) is 0 Å². The van der Waals surface area contributed by atoms with E-state index in [9.17, 15) is 0 Å². The summed E-state index contributed by atoms with van der Waals surface area (Å²) in [5, 5.41) is 7.08. The highest BCUT2D eigenvalue weighted by atomic mass is 15.1. The minimum absolute atomic E-state index is 1.04. The molecular formula is C9H11N3. The van der Waals surface area contributed by atoms with E-state index in [0.717, 1.165) is 17.1 Å². The van der Waals surface area contributed by atoms with Crippen molar-refractivity contribution in [3.63, 3.8) is 0 Å². The van der Waals surface area contributed by atoms with Gasteiger partial charge in [0.25, 0.3) is 0 Å². The van der Waals surface area contributed by atoms with Gasteiger partial charge in [-0.2, -0.15) is 5.10 Å². The Hall–Kier alpha value is -1.51. The predicted octanol–water partition coefficient (Wildman–Crippen LogP) is 2.02. The molecule has 0 aliphatic carbocycles. The zero-order valence-electron chi connectivity index (χ0n) is 7.18. The zero-order chi connectivity index (χ0) is 8.55. The summed E-state index contributed by atoms with van der Waals surface area (Å²) in [6, 6.07) is 4.03. The van der Waals surface area contributed by atoms with Gasteiger partial charge < -0.3 is 4.98 Å². The van der Waals surface area contributed by atoms with Crippen molar-refractivity contribution < 1.29 is 0 Å². The summed E-state index contributed by atoms with van der Waals surface area (Å²) in [5.74, 6) is 0. The van der Waals surface area contributed by atoms with E-state index in [4.69, 9.17) is 0 Å². The molecule has 0 unspecified atom stereocenters. The Morgan fingerprint density at radius 3 is 2.67 bits per heavy atom. The van der Waals surface area contributed by atoms with Gasteiger partial charge in [0.05, 0.1) is 5.69 Å². The topological polar surface area (TPSA) is 44.5 Å². The van der Waals surface area contributed by atoms with Gasteiger partial charge in [-0.25, -0.2) is 0 Å². The Morgan fingerprint density at radius 2 is 2.17 bits per heavy atom. The average Bonchev–Trinajstić information content (AvgIpc) is 2.61. The molecule has 12 heavy (non-hydrogen) atoms. The molecule has 0 radical (unpaired) electrons. The molecule has 0 atom stereocenters. The first-order chi connectivity index (χ1) is 5.79. The summed E-state index contributed by atoms with van der Waals surface area (Å²) in [4.78, 5) is 3.16. The van der Waals surface area contributed by atoms with Crippen molar-refractivity contribution >= 4 is 0 Å². The number of hydrogen-bond donors (Lipinski definition) is 2. The molecule has 0 amide bonds. The van der Waals surface area contributed by atoms with Crippen LogP contribution in [0.15, 0.2) is 18.3 Å². The molecule has 0 fully saturated rings. The van der Waals surface area contributed by atoms with Gasteiger partial charge in [0, 0.05) is 23.1 Å². The van der Waals surface area contributed by atoms with E-state index in [0.29, 0.717) is 0 Å². The lowest BCUT2D eigenvalue weighted by atomic mass is 10.1. The van der Waals surface area contributed by atoms with E-state index in [-0.39, 0.29) is 0 Å². The highest BCUT2D eigenvalue weighted by Crippen LogP contribution is 2.22. The van der Waals surface area contributed by atoms with Gasteiger partial charge in [0.2, 0.25) is 0 Å². The second-order valence-electron chi connectivity index (χ2n) is 2.89. The Morgan fingerprint density at radius 1 is 1.33 bits per heavy atom. The van der Waals surface area contributed by atoms with E-state index in [1.54, 1.807) is 0 Å². The molecule has 2 aromatic rings. The largest absolute Gasteiger partial charge is 0.361 e. The van der Waals surface area contributed by atoms with Crippen molar-refractivity contribution in [2.75, 3.05) is 0 Å². The van der Waals surface area contributed by atoms with Gasteiger partial charge in [-0.15, -0.1) is 0 Å². The maximum atomic E-state index is 4.13. The standard InChI is InChI=1S/C9H11N3/c1-6-9(7(2)12-11-6)8-4-3-5-10-8/h3-5,10H,1-2H3,(H,11,12). The second-order valence-corrected chi connectivity index (χ2v) is 2.89. The molecule has 0 aliphatic heterocycles. The van der Waals surface area contributed by atoms with Crippen LogP contribution >= 0.6 is 0 Å². The lowest BCUT2D eigenvalue weighted by molar-refractivity contribution is 1.02. The van der Waals surface area contributed by atoms with Crippen molar-refractivity contribution in [1.29, 1.82) is 0 Å². The molecule has 0 saturated carbocycles. The van der Waals surface area contributed by atoms with Crippen molar-refractivity contribution in [1.82, 2.24) is 15.2 Å². The number of aryl methyl sites for hydroxylation is 2. The molecule has 2 heterocycles. The number of aromatic nitrogens is 3. The molecule has 3 nitrogen and oxygen atoms in total. The Kier molecular flexibility index (Phi) is 1.50. The lowest BCUT2D eigenvalue weighted by Crippen LogP contribution is -1.80. The van der Waals surface area contributed by atoms with Crippen molar-refractivity contribution in [2.24, 2.45) is 0 Å². The fourth-order valence-electron chi connectivity index (χ4n) is 1.43. The monoisotopic (exact) mass is 161 g/mol. The van der Waals surface area contributed by atoms with Crippen molar-refractivity contribution in [3.8, 4) is 11.3 Å². The Bertz CT molecular complexity index is 351. The number of aromatic amines is 2. The second kappa shape index (κ2) is 2.52. The molecule has 2 rings (SSSR count). The van der Waals surface area contributed by atoms with Crippen LogP contribution in [0.3, 0.4) is 0 Å². The maximum Gasteiger partial charge on any atom is 0.0687 e. The molecule has 2 N–H and O–H groups in total. The van der Waals surface area contributed by atoms with Crippen LogP contribution < -0.4 is 0 Å². The molecule has 2 aromatic heterocycles. The number of nitrogens with zero attached hydrogens (tertiary/aromatic N) is 1. The SMILES string of the molecule is Cc1n[nH]c(C)c1-c1ccc[nH]1. The van der Waals surface area contributed by atoms with Gasteiger partial charge >= 0.3 is 0 Å². The summed E-state index contributed by atoms with van der Waals surface area (Å²) >= 11 is 0. The van der Waals surface area contributed by atoms with Crippen LogP contribution in [0.1, 0.15) is 11.4 Å². The van der Waals surface area contributed by atoms with Crippen LogP contribution in [-0.4, -0.2) is 15.2 Å². The van der Waals surface area contributed by atoms with Crippen LogP contribution in [0.4, 0.5) is 0 Å². The first-order valence-electron chi connectivity index (χ1n) is 3.94. The quantitative estimate of drug-likeness (QED) is 0.660. The molecule has 0 aliphatic rings. The fourth-order valence-corrected chi connectivity index (χ4v) is 1.43. The summed E-state index contributed by atoms with van der Waals surface area (Å²) < 4.78 is 0. The third-order valence-electron chi connectivity index (χ3n) is 2.00. The lowest BCUT2D eigenvalue weighted by Gasteiger charge is -1.95. The molecule has 62 valence electrons. The van der Waals surface area contributed by atoms with Crippen LogP contribution in [-0.2, 0) is 0 Å². The molecule has 0 bridgehead atoms. The van der Waals surface area contributed by atoms with Crippen molar-refractivity contribution in [3.05, 3.63) is 29.7 Å². The highest BCUT2D eigenvalue weighted by Gasteiger charge is 2.08. The van der Waals surface area contributed by atoms with Crippen LogP contribution in [0.2, 0.25) is 0 Å². The minimum Gasteiger partial charge on any atom is -0.361 e. The van der Waals surface area contributed by atoms with E-state index >= 15 is 0 Å². The third kappa shape index (κ3) is 0.942. The van der Waals surface area contributed by atoms with Crippen LogP contribution in [0, 0.1) is 13.8 Å². The predicted molar refractivity (Wildman–Crippen MR) is 47.8 cm³/mol. The fraction of sp³-hybridized carbons (Fsp3) is 0.222. The number of nitrogens with one attached hydrogen (secondary N) is 2. The zero-order valence-corrected chi connectivity index (χ0v) is 7.18. The number of H-pyrrole nitrogens is 2. The number of rotatable bonds is 1. The van der Waals surface area contributed by atoms with Crippen LogP contribution in [0.5, 0.6) is 0 Å². The maximum absolute atomic E-state index is 4.13. The Balaban J connectivity index is 2.60. The molecule has 0 aromatic carbocycles. The summed E-state index contributed by atoms with van der Waals surface area (Å²) in [6.45, 7) is 4.02. The van der Waals surface area contributed by atoms with E-state index in [2.05, 4.69) is 15.2 Å². The average molecular weight is 161 g/mol. The first kappa shape index (κ1) is 7.16. The summed E-state index contributed by atoms with van der Waals surface area (Å²) in [5.41, 5.74) is 4.45. The van der Waals surface area contributed by atoms with Crippen molar-refractivity contribution in [2.45, 2.75) is 13.8 Å². The minimum atomic E-state index is 1.04. The third-order valence-corrected chi connectivity index (χ3v) is 2.00. The first-order valence-corrected chi connectivity index (χ1v) is 3.94. The van der Waals surface area contributed by atoms with Crippen LogP contribution in [0.25, 0.3) is 11.3 Å². The van der Waals surface area contributed by atoms with Gasteiger partial charge in [-0.05, 0) is 26.0 Å². The molecular weight excluding hydrogens is 150 g/mol. The van der Waals surface area contributed by atoms with Gasteiger partial charge in [0.1, 0.15) is 0 Å². The van der Waals surface area contributed by atoms with E-state index in [1.165, 1.54) is 5.56 Å². The van der Waals surface area contributed by atoms with Gasteiger partial charge in [-0.3, -0.25) is 5.10 Å². The normalized spacial score (nSPS) is 10.5.